The first-order valence-electron chi connectivity index (χ1n) is 11.8. The van der Waals surface area contributed by atoms with Crippen LogP contribution in [0.3, 0.4) is 0 Å². The highest BCUT2D eigenvalue weighted by molar-refractivity contribution is 5.79. The van der Waals surface area contributed by atoms with Gasteiger partial charge in [0.05, 0.1) is 12.5 Å². The van der Waals surface area contributed by atoms with Crippen LogP contribution in [0, 0.1) is 23.5 Å². The van der Waals surface area contributed by atoms with Crippen LogP contribution in [0.4, 0.5) is 17.6 Å². The normalized spacial score (nSPS) is 23.6. The molecule has 0 spiro atoms. The van der Waals surface area contributed by atoms with Gasteiger partial charge >= 0.3 is 5.97 Å². The Labute approximate surface area is 196 Å². The van der Waals surface area contributed by atoms with E-state index in [4.69, 9.17) is 9.47 Å². The van der Waals surface area contributed by atoms with Crippen molar-refractivity contribution < 1.29 is 31.8 Å². The van der Waals surface area contributed by atoms with Crippen molar-refractivity contribution in [3.05, 3.63) is 59.7 Å². The Kier molecular flexibility index (Phi) is 7.29. The van der Waals surface area contributed by atoms with Crippen molar-refractivity contribution >= 4 is 5.97 Å². The van der Waals surface area contributed by atoms with E-state index in [1.165, 1.54) is 24.3 Å². The average molecular weight is 477 g/mol. The zero-order valence-corrected chi connectivity index (χ0v) is 19.1. The number of fused-ring (bicyclic) bond motifs is 3. The molecule has 182 valence electrons. The standard InChI is InChI=1S/C27H28F4O3/c1-3-5-6-15-7-9-16(10-8-15)27(32)34-20-14-12-18-17-11-13-19(33-4-2)23(28)21(17)25(30)26(31)22(18)24(20)29/h3,11-16,25-26H,1,4-10H2,2H3. The van der Waals surface area contributed by atoms with E-state index in [0.29, 0.717) is 18.8 Å². The summed E-state index contributed by atoms with van der Waals surface area (Å²) < 4.78 is 70.6. The summed E-state index contributed by atoms with van der Waals surface area (Å²) in [4.78, 5) is 12.7. The summed E-state index contributed by atoms with van der Waals surface area (Å²) in [6, 6.07) is 5.25. The lowest BCUT2D eigenvalue weighted by molar-refractivity contribution is -0.140. The summed E-state index contributed by atoms with van der Waals surface area (Å²) in [5, 5.41) is 0. The smallest absolute Gasteiger partial charge is 0.314 e. The maximum Gasteiger partial charge on any atom is 0.314 e. The van der Waals surface area contributed by atoms with Crippen LogP contribution in [-0.4, -0.2) is 12.6 Å². The zero-order valence-electron chi connectivity index (χ0n) is 19.1. The molecule has 2 aliphatic carbocycles. The summed E-state index contributed by atoms with van der Waals surface area (Å²) in [7, 11) is 0. The third-order valence-corrected chi connectivity index (χ3v) is 6.86. The van der Waals surface area contributed by atoms with Gasteiger partial charge < -0.3 is 9.47 Å². The van der Waals surface area contributed by atoms with Crippen LogP contribution in [0.25, 0.3) is 11.1 Å². The maximum atomic E-state index is 15.3. The second kappa shape index (κ2) is 10.2. The highest BCUT2D eigenvalue weighted by Gasteiger charge is 2.40. The predicted molar refractivity (Wildman–Crippen MR) is 121 cm³/mol. The summed E-state index contributed by atoms with van der Waals surface area (Å²) in [5.41, 5.74) is -0.990. The first-order valence-corrected chi connectivity index (χ1v) is 11.8. The molecule has 7 heteroatoms. The first kappa shape index (κ1) is 24.3. The minimum absolute atomic E-state index is 0.0263. The number of alkyl halides is 2. The van der Waals surface area contributed by atoms with E-state index in [-0.39, 0.29) is 29.4 Å². The van der Waals surface area contributed by atoms with Crippen molar-refractivity contribution in [2.24, 2.45) is 11.8 Å². The highest BCUT2D eigenvalue weighted by Crippen LogP contribution is 2.52. The summed E-state index contributed by atoms with van der Waals surface area (Å²) in [5.74, 6) is -3.18. The van der Waals surface area contributed by atoms with Crippen LogP contribution in [0.2, 0.25) is 0 Å². The molecule has 0 amide bonds. The van der Waals surface area contributed by atoms with Gasteiger partial charge in [-0.25, -0.2) is 17.6 Å². The van der Waals surface area contributed by atoms with Gasteiger partial charge in [-0.3, -0.25) is 4.79 Å². The molecule has 4 rings (SSSR count). The molecule has 3 nitrogen and oxygen atoms in total. The lowest BCUT2D eigenvalue weighted by atomic mass is 9.80. The molecule has 1 fully saturated rings. The van der Waals surface area contributed by atoms with Crippen LogP contribution in [0.15, 0.2) is 36.9 Å². The van der Waals surface area contributed by atoms with Crippen LogP contribution in [-0.2, 0) is 4.79 Å². The first-order chi connectivity index (χ1) is 16.4. The lowest BCUT2D eigenvalue weighted by Gasteiger charge is -2.29. The number of benzene rings is 2. The lowest BCUT2D eigenvalue weighted by Crippen LogP contribution is -2.26. The summed E-state index contributed by atoms with van der Waals surface area (Å²) in [6.45, 7) is 5.53. The van der Waals surface area contributed by atoms with Gasteiger partial charge in [0.1, 0.15) is 0 Å². The van der Waals surface area contributed by atoms with E-state index < -0.39 is 46.8 Å². The Balaban J connectivity index is 1.57. The number of hydrogen-bond acceptors (Lipinski definition) is 3. The van der Waals surface area contributed by atoms with E-state index in [2.05, 4.69) is 6.58 Å². The van der Waals surface area contributed by atoms with E-state index in [0.717, 1.165) is 25.7 Å². The molecule has 2 unspecified atom stereocenters. The molecular weight excluding hydrogens is 448 g/mol. The van der Waals surface area contributed by atoms with Crippen molar-refractivity contribution in [1.29, 1.82) is 0 Å². The number of esters is 1. The number of hydrogen-bond donors (Lipinski definition) is 0. The molecule has 34 heavy (non-hydrogen) atoms. The van der Waals surface area contributed by atoms with E-state index >= 15 is 8.78 Å². The SMILES string of the molecule is C=CCCC1CCC(C(=O)Oc2ccc3c(c2F)C(F)C(F)c2c-3ccc(OCC)c2F)CC1. The Hall–Kier alpha value is -2.83. The Morgan fingerprint density at radius 3 is 2.09 bits per heavy atom. The van der Waals surface area contributed by atoms with Gasteiger partial charge in [-0.15, -0.1) is 6.58 Å². The van der Waals surface area contributed by atoms with Crippen LogP contribution < -0.4 is 9.47 Å². The van der Waals surface area contributed by atoms with Gasteiger partial charge in [0.25, 0.3) is 0 Å². The van der Waals surface area contributed by atoms with Crippen molar-refractivity contribution in [3.8, 4) is 22.6 Å². The summed E-state index contributed by atoms with van der Waals surface area (Å²) >= 11 is 0. The molecule has 2 aromatic carbocycles. The van der Waals surface area contributed by atoms with Crippen LogP contribution in [0.1, 0.15) is 68.9 Å². The van der Waals surface area contributed by atoms with Crippen LogP contribution >= 0.6 is 0 Å². The fourth-order valence-electron chi connectivity index (χ4n) is 5.03. The van der Waals surface area contributed by atoms with Gasteiger partial charge in [0.2, 0.25) is 0 Å². The molecule has 0 saturated heterocycles. The van der Waals surface area contributed by atoms with Gasteiger partial charge in [-0.05, 0) is 74.6 Å². The second-order valence-electron chi connectivity index (χ2n) is 8.92. The number of rotatable bonds is 7. The molecular formula is C27H28F4O3. The van der Waals surface area contributed by atoms with Crippen molar-refractivity contribution in [1.82, 2.24) is 0 Å². The molecule has 2 aliphatic rings. The Morgan fingerprint density at radius 2 is 1.53 bits per heavy atom. The number of ether oxygens (including phenoxy) is 2. The van der Waals surface area contributed by atoms with Gasteiger partial charge in [0, 0.05) is 11.1 Å². The quantitative estimate of drug-likeness (QED) is 0.177. The Morgan fingerprint density at radius 1 is 0.971 bits per heavy atom. The predicted octanol–water partition coefficient (Wildman–Crippen LogP) is 7.74. The second-order valence-corrected chi connectivity index (χ2v) is 8.92. The third-order valence-electron chi connectivity index (χ3n) is 6.86. The van der Waals surface area contributed by atoms with Crippen molar-refractivity contribution in [2.45, 2.75) is 57.8 Å². The van der Waals surface area contributed by atoms with E-state index in [1.807, 2.05) is 6.08 Å². The van der Waals surface area contributed by atoms with Crippen molar-refractivity contribution in [2.75, 3.05) is 6.61 Å². The molecule has 0 radical (unpaired) electrons. The molecule has 1 saturated carbocycles. The molecule has 2 atom stereocenters. The largest absolute Gasteiger partial charge is 0.491 e. The summed E-state index contributed by atoms with van der Waals surface area (Å²) in [6.07, 6.45) is 2.00. The molecule has 0 aromatic heterocycles. The zero-order chi connectivity index (χ0) is 24.4. The van der Waals surface area contributed by atoms with Gasteiger partial charge in [-0.2, -0.15) is 0 Å². The van der Waals surface area contributed by atoms with Gasteiger partial charge in [0.15, 0.2) is 35.5 Å². The van der Waals surface area contributed by atoms with Gasteiger partial charge in [-0.1, -0.05) is 18.2 Å². The molecule has 0 heterocycles. The number of carbonyl (C=O) groups is 1. The number of carbonyl (C=O) groups excluding carboxylic acids is 1. The van der Waals surface area contributed by atoms with E-state index in [1.54, 1.807) is 6.92 Å². The third kappa shape index (κ3) is 4.44. The van der Waals surface area contributed by atoms with Crippen molar-refractivity contribution in [3.63, 3.8) is 0 Å². The minimum Gasteiger partial charge on any atom is -0.491 e. The number of halogens is 4. The number of allylic oxidation sites excluding steroid dienone is 1. The van der Waals surface area contributed by atoms with Crippen LogP contribution in [0.5, 0.6) is 11.5 Å². The fourth-order valence-corrected chi connectivity index (χ4v) is 5.03. The Bertz CT molecular complexity index is 1080. The van der Waals surface area contributed by atoms with E-state index in [9.17, 15) is 13.6 Å². The fraction of sp³-hybridized carbons (Fsp3) is 0.444. The molecule has 0 N–H and O–H groups in total. The highest BCUT2D eigenvalue weighted by atomic mass is 19.2. The minimum atomic E-state index is -2.45. The molecule has 0 bridgehead atoms. The topological polar surface area (TPSA) is 35.5 Å². The molecule has 0 aliphatic heterocycles. The average Bonchev–Trinajstić information content (AvgIpc) is 2.84. The maximum absolute atomic E-state index is 15.3. The molecule has 2 aromatic rings. The monoisotopic (exact) mass is 476 g/mol.